The van der Waals surface area contributed by atoms with Crippen molar-refractivity contribution in [3.05, 3.63) is 35.8 Å². The lowest BCUT2D eigenvalue weighted by atomic mass is 9.34. The van der Waals surface area contributed by atoms with E-state index in [1.807, 2.05) is 20.8 Å². The number of carbonyl (C=O) groups excluding carboxylic acids is 4. The molecule has 1 unspecified atom stereocenters. The molecule has 0 radical (unpaired) electrons. The minimum atomic E-state index is -2.04. The lowest BCUT2D eigenvalue weighted by Crippen LogP contribution is -2.92. The average Bonchev–Trinajstić information content (AvgIpc) is 3.73. The second-order valence-electron chi connectivity index (χ2n) is 14.9. The van der Waals surface area contributed by atoms with E-state index in [1.165, 1.54) is 39.6 Å². The summed E-state index contributed by atoms with van der Waals surface area (Å²) in [4.78, 5) is 52.8. The lowest BCUT2D eigenvalue weighted by molar-refractivity contribution is -0.443. The molecule has 4 bridgehead atoms. The van der Waals surface area contributed by atoms with Gasteiger partial charge in [-0.3, -0.25) is 14.4 Å². The SMILES string of the molecule is COC(=O)C[C@H]1[C@@]2(C)C[C@]3(O)[C@@](OC(C)=O)([C@H]4OC5(C)O[C@@]6(CC[C@]7(C)C(=CC(=O)O[C@H]7c7ccoc7)[C@@]46O5)[C@]13C)[C@H]2OC(C)=O. The Morgan fingerprint density at radius 2 is 1.80 bits per heavy atom. The highest BCUT2D eigenvalue weighted by Crippen LogP contribution is 2.88. The van der Waals surface area contributed by atoms with Crippen LogP contribution >= 0.6 is 0 Å². The summed E-state index contributed by atoms with van der Waals surface area (Å²) in [5, 5.41) is 13.4. The van der Waals surface area contributed by atoms with Gasteiger partial charge < -0.3 is 42.7 Å². The second kappa shape index (κ2) is 8.41. The Hall–Kier alpha value is -3.26. The van der Waals surface area contributed by atoms with E-state index in [4.69, 9.17) is 37.6 Å². The Bertz CT molecular complexity index is 1630. The van der Waals surface area contributed by atoms with Crippen LogP contribution in [0.3, 0.4) is 0 Å². The quantitative estimate of drug-likeness (QED) is 0.368. The second-order valence-corrected chi connectivity index (χ2v) is 14.9. The first-order chi connectivity index (χ1) is 21.4. The van der Waals surface area contributed by atoms with Gasteiger partial charge in [0.2, 0.25) is 5.60 Å². The molecular formula is C33H38O13. The number of fused-ring (bicyclic) bond motifs is 4. The van der Waals surface area contributed by atoms with Crippen molar-refractivity contribution in [3.8, 4) is 0 Å². The van der Waals surface area contributed by atoms with Crippen LogP contribution in [0.2, 0.25) is 0 Å². The molecule has 8 rings (SSSR count). The van der Waals surface area contributed by atoms with Crippen molar-refractivity contribution < 1.29 is 61.9 Å². The summed E-state index contributed by atoms with van der Waals surface area (Å²) in [5.41, 5.74) is -9.44. The molecule has 13 nitrogen and oxygen atoms in total. The van der Waals surface area contributed by atoms with Crippen LogP contribution < -0.4 is 0 Å². The molecule has 248 valence electrons. The van der Waals surface area contributed by atoms with Gasteiger partial charge in [0.05, 0.1) is 19.6 Å². The first-order valence-corrected chi connectivity index (χ1v) is 15.6. The number of hydrogen-bond donors (Lipinski definition) is 1. The number of rotatable bonds is 5. The normalized spacial score (nSPS) is 51.9. The lowest BCUT2D eigenvalue weighted by Gasteiger charge is -2.75. The van der Waals surface area contributed by atoms with Crippen molar-refractivity contribution in [3.63, 3.8) is 0 Å². The van der Waals surface area contributed by atoms with Crippen LogP contribution in [-0.2, 0) is 52.3 Å². The van der Waals surface area contributed by atoms with Crippen LogP contribution in [0.5, 0.6) is 0 Å². The molecule has 6 fully saturated rings. The van der Waals surface area contributed by atoms with Gasteiger partial charge >= 0.3 is 23.9 Å². The molecule has 3 aliphatic heterocycles. The molecule has 4 saturated carbocycles. The average molecular weight is 643 g/mol. The third kappa shape index (κ3) is 2.83. The molecule has 1 aromatic rings. The van der Waals surface area contributed by atoms with Gasteiger partial charge in [-0.2, -0.15) is 0 Å². The number of carbonyl (C=O) groups is 4. The molecule has 13 heteroatoms. The maximum atomic E-state index is 13.5. The van der Waals surface area contributed by atoms with Crippen LogP contribution in [0.4, 0.5) is 0 Å². The third-order valence-electron chi connectivity index (χ3n) is 13.0. The number of hydrogen-bond acceptors (Lipinski definition) is 13. The van der Waals surface area contributed by atoms with Crippen LogP contribution in [0, 0.1) is 22.2 Å². The van der Waals surface area contributed by atoms with Gasteiger partial charge in [-0.15, -0.1) is 0 Å². The van der Waals surface area contributed by atoms with E-state index in [-0.39, 0.29) is 19.3 Å². The highest BCUT2D eigenvalue weighted by Gasteiger charge is 3.03. The Morgan fingerprint density at radius 3 is 2.43 bits per heavy atom. The van der Waals surface area contributed by atoms with E-state index >= 15 is 0 Å². The molecule has 1 aromatic heterocycles. The van der Waals surface area contributed by atoms with Crippen molar-refractivity contribution in [2.24, 2.45) is 22.2 Å². The zero-order valence-corrected chi connectivity index (χ0v) is 26.8. The Morgan fingerprint density at radius 1 is 1.07 bits per heavy atom. The van der Waals surface area contributed by atoms with Crippen molar-refractivity contribution in [1.29, 1.82) is 0 Å². The third-order valence-corrected chi connectivity index (χ3v) is 13.0. The molecule has 7 aliphatic rings. The Balaban J connectivity index is 1.47. The number of furan rings is 1. The predicted octanol–water partition coefficient (Wildman–Crippen LogP) is 2.79. The Labute approximate surface area is 264 Å². The van der Waals surface area contributed by atoms with E-state index in [0.29, 0.717) is 17.6 Å². The monoisotopic (exact) mass is 642 g/mol. The van der Waals surface area contributed by atoms with Crippen molar-refractivity contribution in [2.45, 2.75) is 114 Å². The zero-order valence-electron chi connectivity index (χ0n) is 26.8. The van der Waals surface area contributed by atoms with Crippen molar-refractivity contribution in [1.82, 2.24) is 0 Å². The molecule has 0 aromatic carbocycles. The maximum Gasteiger partial charge on any atom is 0.331 e. The zero-order chi connectivity index (χ0) is 33.1. The van der Waals surface area contributed by atoms with Gasteiger partial charge in [-0.05, 0) is 36.8 Å². The summed E-state index contributed by atoms with van der Waals surface area (Å²) < 4.78 is 49.5. The highest BCUT2D eigenvalue weighted by atomic mass is 17.0. The van der Waals surface area contributed by atoms with Gasteiger partial charge in [0, 0.05) is 55.1 Å². The van der Waals surface area contributed by atoms with Gasteiger partial charge in [-0.1, -0.05) is 20.8 Å². The van der Waals surface area contributed by atoms with E-state index in [9.17, 15) is 24.3 Å². The fraction of sp³-hybridized carbons (Fsp3) is 0.697. The number of methoxy groups -OCH3 is 1. The fourth-order valence-corrected chi connectivity index (χ4v) is 11.8. The molecular weight excluding hydrogens is 604 g/mol. The molecule has 12 atom stereocenters. The standard InChI is InChI=1S/C33H38O13/c1-16(34)41-24-27(4)15-30(38)28(5,19(27)12-21(36)39-7)31-10-9-26(3)20(13-22(37)42-23(26)18-8-11-40-14-18)32(31)25(33(24,30)43-17(2)35)44-29(6,45-31)46-32/h8,11,13-14,19,23-25,38H,9-10,12,15H2,1-7H3/t19-,23-,24-,25-,26+,27+,28+,29?,30+,31-,32+,33-/m0/s1. The van der Waals surface area contributed by atoms with Crippen LogP contribution in [-0.4, -0.2) is 76.7 Å². The number of esters is 4. The van der Waals surface area contributed by atoms with Gasteiger partial charge in [0.1, 0.15) is 23.4 Å². The first-order valence-electron chi connectivity index (χ1n) is 15.6. The fourth-order valence-electron chi connectivity index (χ4n) is 11.8. The summed E-state index contributed by atoms with van der Waals surface area (Å²) in [6, 6.07) is 1.73. The van der Waals surface area contributed by atoms with E-state index in [2.05, 4.69) is 0 Å². The van der Waals surface area contributed by atoms with Crippen molar-refractivity contribution in [2.75, 3.05) is 7.11 Å². The molecule has 4 heterocycles. The maximum absolute atomic E-state index is 13.5. The number of ether oxygens (including phenoxy) is 7. The molecule has 1 spiro atoms. The van der Waals surface area contributed by atoms with E-state index in [0.717, 1.165) is 0 Å². The van der Waals surface area contributed by atoms with Crippen LogP contribution in [0.15, 0.2) is 34.7 Å². The topological polar surface area (TPSA) is 166 Å². The molecule has 2 saturated heterocycles. The predicted molar refractivity (Wildman–Crippen MR) is 150 cm³/mol. The van der Waals surface area contributed by atoms with Crippen molar-refractivity contribution >= 4 is 23.9 Å². The largest absolute Gasteiger partial charge is 0.472 e. The van der Waals surface area contributed by atoms with E-state index < -0.39 is 92.7 Å². The first kappa shape index (κ1) is 30.1. The summed E-state index contributed by atoms with van der Waals surface area (Å²) in [6.45, 7) is 9.66. The molecule has 46 heavy (non-hydrogen) atoms. The van der Waals surface area contributed by atoms with Gasteiger partial charge in [0.25, 0.3) is 5.97 Å². The number of aliphatic hydroxyl groups is 1. The highest BCUT2D eigenvalue weighted by molar-refractivity contribution is 5.86. The smallest absolute Gasteiger partial charge is 0.331 e. The number of cyclic esters (lactones) is 1. The summed E-state index contributed by atoms with van der Waals surface area (Å²) >= 11 is 0. The molecule has 0 amide bonds. The molecule has 1 N–H and O–H groups in total. The van der Waals surface area contributed by atoms with Crippen LogP contribution in [0.25, 0.3) is 0 Å². The Kier molecular flexibility index (Phi) is 5.51. The van der Waals surface area contributed by atoms with Gasteiger partial charge in [0.15, 0.2) is 11.7 Å². The van der Waals surface area contributed by atoms with Crippen LogP contribution in [0.1, 0.15) is 78.9 Å². The molecule has 4 aliphatic carbocycles. The minimum absolute atomic E-state index is 0.0167. The van der Waals surface area contributed by atoms with E-state index in [1.54, 1.807) is 13.0 Å². The van der Waals surface area contributed by atoms with Gasteiger partial charge in [-0.25, -0.2) is 4.79 Å². The summed E-state index contributed by atoms with van der Waals surface area (Å²) in [5.74, 6) is -5.07. The summed E-state index contributed by atoms with van der Waals surface area (Å²) in [7, 11) is 1.28. The minimum Gasteiger partial charge on any atom is -0.472 e. The summed E-state index contributed by atoms with van der Waals surface area (Å²) in [6.07, 6.45) is 1.53.